The summed E-state index contributed by atoms with van der Waals surface area (Å²) in [6, 6.07) is 16.8. The number of ether oxygens (including phenoxy) is 1. The van der Waals surface area contributed by atoms with E-state index in [0.717, 1.165) is 32.8 Å². The van der Waals surface area contributed by atoms with Crippen LogP contribution in [0.15, 0.2) is 59.5 Å². The molecule has 0 unspecified atom stereocenters. The van der Waals surface area contributed by atoms with Crippen LogP contribution in [0.2, 0.25) is 5.02 Å². The largest absolute Gasteiger partial charge is 0.497 e. The molecule has 7 heteroatoms. The van der Waals surface area contributed by atoms with E-state index in [-0.39, 0.29) is 0 Å². The minimum absolute atomic E-state index is 0.321. The van der Waals surface area contributed by atoms with Gasteiger partial charge in [0.25, 0.3) is 0 Å². The van der Waals surface area contributed by atoms with Gasteiger partial charge in [-0.05, 0) is 59.7 Å². The number of anilines is 1. The van der Waals surface area contributed by atoms with Crippen LogP contribution in [-0.4, -0.2) is 46.0 Å². The molecule has 1 fully saturated rings. The van der Waals surface area contributed by atoms with E-state index >= 15 is 0 Å². The van der Waals surface area contributed by atoms with E-state index in [2.05, 4.69) is 4.90 Å². The summed E-state index contributed by atoms with van der Waals surface area (Å²) in [5.74, 6) is 0.750. The Morgan fingerprint density at radius 1 is 0.897 bits per heavy atom. The van der Waals surface area contributed by atoms with Crippen molar-refractivity contribution in [1.82, 2.24) is 4.31 Å². The normalized spacial score (nSPS) is 15.6. The lowest BCUT2D eigenvalue weighted by atomic mass is 10.1. The van der Waals surface area contributed by atoms with Crippen LogP contribution in [0.3, 0.4) is 0 Å². The number of rotatable bonds is 4. The van der Waals surface area contributed by atoms with Crippen LogP contribution in [0.1, 0.15) is 5.56 Å². The first kappa shape index (κ1) is 20.0. The molecule has 3 aromatic rings. The van der Waals surface area contributed by atoms with Crippen LogP contribution < -0.4 is 9.64 Å². The lowest BCUT2D eigenvalue weighted by Gasteiger charge is -2.35. The predicted octanol–water partition coefficient (Wildman–Crippen LogP) is 4.32. The zero-order valence-corrected chi connectivity index (χ0v) is 18.0. The number of methoxy groups -OCH3 is 1. The number of fused-ring (bicyclic) bond motifs is 1. The molecule has 152 valence electrons. The van der Waals surface area contributed by atoms with Crippen LogP contribution in [0.5, 0.6) is 5.75 Å². The van der Waals surface area contributed by atoms with E-state index < -0.39 is 10.0 Å². The summed E-state index contributed by atoms with van der Waals surface area (Å²) in [6.45, 7) is 4.10. The Morgan fingerprint density at radius 3 is 2.28 bits per heavy atom. The molecule has 0 aromatic heterocycles. The fraction of sp³-hybridized carbons (Fsp3) is 0.273. The summed E-state index contributed by atoms with van der Waals surface area (Å²) in [5, 5.41) is 2.55. The van der Waals surface area contributed by atoms with E-state index in [1.165, 1.54) is 0 Å². The third kappa shape index (κ3) is 3.92. The summed E-state index contributed by atoms with van der Waals surface area (Å²) in [5.41, 5.74) is 2.06. The first-order chi connectivity index (χ1) is 13.9. The molecular weight excluding hydrogens is 408 g/mol. The molecule has 0 bridgehead atoms. The minimum Gasteiger partial charge on any atom is -0.497 e. The molecule has 5 nitrogen and oxygen atoms in total. The molecule has 0 amide bonds. The third-order valence-corrected chi connectivity index (χ3v) is 7.72. The molecule has 0 aliphatic carbocycles. The van der Waals surface area contributed by atoms with E-state index in [1.807, 2.05) is 49.4 Å². The van der Waals surface area contributed by atoms with E-state index in [4.69, 9.17) is 16.3 Å². The maximum absolute atomic E-state index is 13.2. The third-order valence-electron chi connectivity index (χ3n) is 5.42. The highest BCUT2D eigenvalue weighted by molar-refractivity contribution is 7.89. The Balaban J connectivity index is 1.52. The smallest absolute Gasteiger partial charge is 0.243 e. The van der Waals surface area contributed by atoms with Crippen molar-refractivity contribution in [3.63, 3.8) is 0 Å². The number of halogens is 1. The van der Waals surface area contributed by atoms with Crippen molar-refractivity contribution in [2.75, 3.05) is 38.2 Å². The number of hydrogen-bond donors (Lipinski definition) is 0. The molecular formula is C22H23ClN2O3S. The van der Waals surface area contributed by atoms with Gasteiger partial charge < -0.3 is 9.64 Å². The SMILES string of the molecule is COc1ccc2cc(S(=O)(=O)N3CCN(c4ccc(C)c(Cl)c4)CC3)ccc2c1. The molecule has 0 saturated carbocycles. The molecule has 1 saturated heterocycles. The quantitative estimate of drug-likeness (QED) is 0.618. The lowest BCUT2D eigenvalue weighted by Crippen LogP contribution is -2.48. The van der Waals surface area contributed by atoms with Gasteiger partial charge in [-0.25, -0.2) is 8.42 Å². The van der Waals surface area contributed by atoms with Gasteiger partial charge in [0.2, 0.25) is 10.0 Å². The van der Waals surface area contributed by atoms with E-state index in [1.54, 1.807) is 23.5 Å². The highest BCUT2D eigenvalue weighted by atomic mass is 35.5. The second-order valence-electron chi connectivity index (χ2n) is 7.20. The fourth-order valence-electron chi connectivity index (χ4n) is 3.60. The summed E-state index contributed by atoms with van der Waals surface area (Å²) in [4.78, 5) is 2.49. The second-order valence-corrected chi connectivity index (χ2v) is 9.54. The first-order valence-electron chi connectivity index (χ1n) is 9.47. The molecule has 1 heterocycles. The highest BCUT2D eigenvalue weighted by Gasteiger charge is 2.28. The van der Waals surface area contributed by atoms with Crippen molar-refractivity contribution < 1.29 is 13.2 Å². The molecule has 29 heavy (non-hydrogen) atoms. The molecule has 3 aromatic carbocycles. The van der Waals surface area contributed by atoms with Gasteiger partial charge in [0.1, 0.15) is 5.75 Å². The van der Waals surface area contributed by atoms with Crippen LogP contribution >= 0.6 is 11.6 Å². The maximum atomic E-state index is 13.2. The standard InChI is InChI=1S/C22H23ClN2O3S/c1-16-3-6-19(15-22(16)23)24-9-11-25(12-10-24)29(26,27)21-8-5-17-13-20(28-2)7-4-18(17)14-21/h3-8,13-15H,9-12H2,1-2H3. The zero-order valence-electron chi connectivity index (χ0n) is 16.4. The summed E-state index contributed by atoms with van der Waals surface area (Å²) < 4.78 is 33.1. The molecule has 0 N–H and O–H groups in total. The molecule has 1 aliphatic rings. The Morgan fingerprint density at radius 2 is 1.59 bits per heavy atom. The summed E-state index contributed by atoms with van der Waals surface area (Å²) >= 11 is 6.24. The van der Waals surface area contributed by atoms with Gasteiger partial charge in [0.05, 0.1) is 12.0 Å². The molecule has 1 aliphatic heterocycles. The molecule has 4 rings (SSSR count). The Kier molecular flexibility index (Phi) is 5.42. The topological polar surface area (TPSA) is 49.9 Å². The van der Waals surface area contributed by atoms with E-state index in [0.29, 0.717) is 31.1 Å². The van der Waals surface area contributed by atoms with Crippen molar-refractivity contribution in [2.24, 2.45) is 0 Å². The second kappa shape index (κ2) is 7.86. The number of sulfonamides is 1. The summed E-state index contributed by atoms with van der Waals surface area (Å²) in [6.07, 6.45) is 0. The van der Waals surface area contributed by atoms with Crippen molar-refractivity contribution >= 4 is 38.1 Å². The molecule has 0 spiro atoms. The Hall–Kier alpha value is -2.28. The van der Waals surface area contributed by atoms with Crippen LogP contribution in [0.25, 0.3) is 10.8 Å². The van der Waals surface area contributed by atoms with Crippen LogP contribution in [0, 0.1) is 6.92 Å². The van der Waals surface area contributed by atoms with Gasteiger partial charge in [0, 0.05) is 36.9 Å². The van der Waals surface area contributed by atoms with Gasteiger partial charge in [-0.1, -0.05) is 29.8 Å². The van der Waals surface area contributed by atoms with Gasteiger partial charge in [-0.3, -0.25) is 0 Å². The fourth-order valence-corrected chi connectivity index (χ4v) is 5.24. The van der Waals surface area contributed by atoms with Crippen molar-refractivity contribution in [1.29, 1.82) is 0 Å². The summed E-state index contributed by atoms with van der Waals surface area (Å²) in [7, 11) is -1.93. The van der Waals surface area contributed by atoms with Crippen molar-refractivity contribution in [3.05, 3.63) is 65.2 Å². The Bertz CT molecular complexity index is 1160. The predicted molar refractivity (Wildman–Crippen MR) is 118 cm³/mol. The average molecular weight is 431 g/mol. The van der Waals surface area contributed by atoms with Crippen LogP contribution in [-0.2, 0) is 10.0 Å². The number of hydrogen-bond acceptors (Lipinski definition) is 4. The van der Waals surface area contributed by atoms with Gasteiger partial charge in [-0.15, -0.1) is 0 Å². The van der Waals surface area contributed by atoms with Gasteiger partial charge in [-0.2, -0.15) is 4.31 Å². The zero-order chi connectivity index (χ0) is 20.6. The maximum Gasteiger partial charge on any atom is 0.243 e. The average Bonchev–Trinajstić information content (AvgIpc) is 2.75. The number of piperazine rings is 1. The number of nitrogens with zero attached hydrogens (tertiary/aromatic N) is 2. The van der Waals surface area contributed by atoms with Crippen LogP contribution in [0.4, 0.5) is 5.69 Å². The Labute approximate surface area is 176 Å². The van der Waals surface area contributed by atoms with Crippen molar-refractivity contribution in [3.8, 4) is 5.75 Å². The molecule has 0 atom stereocenters. The number of aryl methyl sites for hydroxylation is 1. The van der Waals surface area contributed by atoms with Gasteiger partial charge >= 0.3 is 0 Å². The van der Waals surface area contributed by atoms with Crippen molar-refractivity contribution in [2.45, 2.75) is 11.8 Å². The highest BCUT2D eigenvalue weighted by Crippen LogP contribution is 2.28. The monoisotopic (exact) mass is 430 g/mol. The van der Waals surface area contributed by atoms with E-state index in [9.17, 15) is 8.42 Å². The number of benzene rings is 3. The molecule has 0 radical (unpaired) electrons. The van der Waals surface area contributed by atoms with Gasteiger partial charge in [0.15, 0.2) is 0 Å². The lowest BCUT2D eigenvalue weighted by molar-refractivity contribution is 0.385. The first-order valence-corrected chi connectivity index (χ1v) is 11.3. The minimum atomic E-state index is -3.54.